The summed E-state index contributed by atoms with van der Waals surface area (Å²) in [5, 5.41) is 3.49. The van der Waals surface area contributed by atoms with Gasteiger partial charge in [0.1, 0.15) is 0 Å². The molecule has 1 aromatic carbocycles. The maximum Gasteiger partial charge on any atom is 0.310 e. The average molecular weight is 339 g/mol. The summed E-state index contributed by atoms with van der Waals surface area (Å²) in [5.41, 5.74) is 0.738. The van der Waals surface area contributed by atoms with Crippen molar-refractivity contribution < 1.29 is 14.3 Å². The van der Waals surface area contributed by atoms with Gasteiger partial charge in [-0.05, 0) is 50.6 Å². The number of likely N-dealkylation sites (tertiary alicyclic amines) is 1. The first kappa shape index (κ1) is 17.8. The number of rotatable bonds is 6. The van der Waals surface area contributed by atoms with E-state index >= 15 is 0 Å². The van der Waals surface area contributed by atoms with E-state index in [1.165, 1.54) is 0 Å². The van der Waals surface area contributed by atoms with Gasteiger partial charge in [0.25, 0.3) is 0 Å². The molecule has 0 radical (unpaired) electrons. The van der Waals surface area contributed by atoms with E-state index in [1.54, 1.807) is 24.3 Å². The lowest BCUT2D eigenvalue weighted by atomic mass is 9.98. The van der Waals surface area contributed by atoms with Crippen molar-refractivity contribution in [3.63, 3.8) is 0 Å². The van der Waals surface area contributed by atoms with Crippen LogP contribution in [0.25, 0.3) is 0 Å². The molecule has 1 aliphatic rings. The maximum absolute atomic E-state index is 12.0. The lowest BCUT2D eigenvalue weighted by Crippen LogP contribution is -2.40. The minimum atomic E-state index is -0.122. The first-order valence-electron chi connectivity index (χ1n) is 8.03. The van der Waals surface area contributed by atoms with Gasteiger partial charge in [0.15, 0.2) is 0 Å². The number of carbonyl (C=O) groups is 2. The van der Waals surface area contributed by atoms with Gasteiger partial charge in [0.05, 0.1) is 12.5 Å². The molecule has 0 bridgehead atoms. The Morgan fingerprint density at radius 2 is 2.09 bits per heavy atom. The molecule has 2 rings (SSSR count). The number of carbonyl (C=O) groups excluding carboxylic acids is 2. The van der Waals surface area contributed by atoms with Gasteiger partial charge >= 0.3 is 5.97 Å². The number of ether oxygens (including phenoxy) is 1. The topological polar surface area (TPSA) is 58.6 Å². The van der Waals surface area contributed by atoms with E-state index in [-0.39, 0.29) is 17.8 Å². The van der Waals surface area contributed by atoms with Crippen molar-refractivity contribution in [2.45, 2.75) is 26.2 Å². The first-order chi connectivity index (χ1) is 11.1. The second kappa shape index (κ2) is 8.89. The predicted molar refractivity (Wildman–Crippen MR) is 90.5 cm³/mol. The highest BCUT2D eigenvalue weighted by Crippen LogP contribution is 2.18. The number of nitrogens with one attached hydrogen (secondary N) is 1. The van der Waals surface area contributed by atoms with E-state index in [2.05, 4.69) is 10.2 Å². The Bertz CT molecular complexity index is 533. The molecule has 1 aliphatic heterocycles. The third-order valence-electron chi connectivity index (χ3n) is 3.91. The molecule has 23 heavy (non-hydrogen) atoms. The molecule has 1 fully saturated rings. The van der Waals surface area contributed by atoms with Crippen molar-refractivity contribution in [2.75, 3.05) is 31.6 Å². The largest absolute Gasteiger partial charge is 0.466 e. The summed E-state index contributed by atoms with van der Waals surface area (Å²) >= 11 is 5.82. The SMILES string of the molecule is CCOC(=O)[C@H]1CCCN(CCC(=O)Nc2ccc(Cl)cc2)C1. The molecule has 126 valence electrons. The number of nitrogens with zero attached hydrogens (tertiary/aromatic N) is 1. The van der Waals surface area contributed by atoms with E-state index < -0.39 is 0 Å². The van der Waals surface area contributed by atoms with Crippen LogP contribution in [-0.4, -0.2) is 43.0 Å². The van der Waals surface area contributed by atoms with Gasteiger partial charge in [-0.1, -0.05) is 11.6 Å². The van der Waals surface area contributed by atoms with Crippen LogP contribution in [0.2, 0.25) is 5.02 Å². The highest BCUT2D eigenvalue weighted by atomic mass is 35.5. The van der Waals surface area contributed by atoms with Gasteiger partial charge in [-0.2, -0.15) is 0 Å². The van der Waals surface area contributed by atoms with E-state index in [0.717, 1.165) is 25.1 Å². The molecule has 6 heteroatoms. The fourth-order valence-electron chi connectivity index (χ4n) is 2.73. The molecule has 0 saturated carbocycles. The highest BCUT2D eigenvalue weighted by Gasteiger charge is 2.26. The Balaban J connectivity index is 1.75. The quantitative estimate of drug-likeness (QED) is 0.810. The van der Waals surface area contributed by atoms with Gasteiger partial charge in [-0.3, -0.25) is 9.59 Å². The molecule has 5 nitrogen and oxygen atoms in total. The summed E-state index contributed by atoms with van der Waals surface area (Å²) < 4.78 is 5.09. The molecule has 1 heterocycles. The number of hydrogen-bond donors (Lipinski definition) is 1. The summed E-state index contributed by atoms with van der Waals surface area (Å²) in [7, 11) is 0. The van der Waals surface area contributed by atoms with Crippen molar-refractivity contribution in [2.24, 2.45) is 5.92 Å². The van der Waals surface area contributed by atoms with E-state index in [4.69, 9.17) is 16.3 Å². The zero-order valence-corrected chi connectivity index (χ0v) is 14.1. The Labute approximate surface area is 141 Å². The Morgan fingerprint density at radius 3 is 2.78 bits per heavy atom. The van der Waals surface area contributed by atoms with Crippen LogP contribution in [0.3, 0.4) is 0 Å². The van der Waals surface area contributed by atoms with Gasteiger partial charge in [0, 0.05) is 30.2 Å². The molecule has 0 aromatic heterocycles. The molecule has 0 spiro atoms. The van der Waals surface area contributed by atoms with Crippen LogP contribution in [-0.2, 0) is 14.3 Å². The standard InChI is InChI=1S/C17H23ClN2O3/c1-2-23-17(22)13-4-3-10-20(12-13)11-9-16(21)19-15-7-5-14(18)6-8-15/h5-8,13H,2-4,9-12H2,1H3,(H,19,21)/t13-/m0/s1. The molecule has 1 saturated heterocycles. The zero-order valence-electron chi connectivity index (χ0n) is 13.4. The Hall–Kier alpha value is -1.59. The van der Waals surface area contributed by atoms with Gasteiger partial charge in [-0.15, -0.1) is 0 Å². The number of hydrogen-bond acceptors (Lipinski definition) is 4. The van der Waals surface area contributed by atoms with Gasteiger partial charge < -0.3 is 15.0 Å². The minimum Gasteiger partial charge on any atom is -0.466 e. The summed E-state index contributed by atoms with van der Waals surface area (Å²) in [4.78, 5) is 26.0. The Kier molecular flexibility index (Phi) is 6.86. The number of esters is 1. The van der Waals surface area contributed by atoms with E-state index in [9.17, 15) is 9.59 Å². The van der Waals surface area contributed by atoms with Crippen LogP contribution in [0, 0.1) is 5.92 Å². The molecule has 0 aliphatic carbocycles. The van der Waals surface area contributed by atoms with Crippen LogP contribution < -0.4 is 5.32 Å². The molecule has 1 aromatic rings. The second-order valence-electron chi connectivity index (χ2n) is 5.70. The Morgan fingerprint density at radius 1 is 1.35 bits per heavy atom. The zero-order chi connectivity index (χ0) is 16.7. The monoisotopic (exact) mass is 338 g/mol. The average Bonchev–Trinajstić information content (AvgIpc) is 2.56. The molecule has 1 atom stereocenters. The molecule has 0 unspecified atom stereocenters. The van der Waals surface area contributed by atoms with Crippen LogP contribution in [0.4, 0.5) is 5.69 Å². The van der Waals surface area contributed by atoms with Crippen LogP contribution >= 0.6 is 11.6 Å². The molecule has 1 N–H and O–H groups in total. The lowest BCUT2D eigenvalue weighted by Gasteiger charge is -2.31. The van der Waals surface area contributed by atoms with E-state index in [1.807, 2.05) is 6.92 Å². The fraction of sp³-hybridized carbons (Fsp3) is 0.529. The smallest absolute Gasteiger partial charge is 0.310 e. The van der Waals surface area contributed by atoms with Gasteiger partial charge in [-0.25, -0.2) is 0 Å². The summed E-state index contributed by atoms with van der Waals surface area (Å²) in [6.07, 6.45) is 2.23. The number of piperidine rings is 1. The van der Waals surface area contributed by atoms with Crippen LogP contribution in [0.1, 0.15) is 26.2 Å². The lowest BCUT2D eigenvalue weighted by molar-refractivity contribution is -0.149. The highest BCUT2D eigenvalue weighted by molar-refractivity contribution is 6.30. The van der Waals surface area contributed by atoms with Crippen molar-refractivity contribution in [3.8, 4) is 0 Å². The van der Waals surface area contributed by atoms with Crippen LogP contribution in [0.15, 0.2) is 24.3 Å². The third kappa shape index (κ3) is 5.84. The molecule has 1 amide bonds. The summed E-state index contributed by atoms with van der Waals surface area (Å²) in [5.74, 6) is -0.226. The maximum atomic E-state index is 12.0. The van der Waals surface area contributed by atoms with E-state index in [0.29, 0.717) is 31.1 Å². The first-order valence-corrected chi connectivity index (χ1v) is 8.40. The number of benzene rings is 1. The van der Waals surface area contributed by atoms with Crippen LogP contribution in [0.5, 0.6) is 0 Å². The molecular weight excluding hydrogens is 316 g/mol. The summed E-state index contributed by atoms with van der Waals surface area (Å²) in [6.45, 7) is 4.48. The summed E-state index contributed by atoms with van der Waals surface area (Å²) in [6, 6.07) is 7.04. The van der Waals surface area contributed by atoms with Crippen molar-refractivity contribution in [3.05, 3.63) is 29.3 Å². The number of halogens is 1. The number of amides is 1. The normalized spacial score (nSPS) is 18.4. The van der Waals surface area contributed by atoms with Crippen molar-refractivity contribution in [1.82, 2.24) is 4.90 Å². The molecular formula is C17H23ClN2O3. The minimum absolute atomic E-state index is 0.0365. The third-order valence-corrected chi connectivity index (χ3v) is 4.16. The number of anilines is 1. The van der Waals surface area contributed by atoms with Crippen molar-refractivity contribution in [1.29, 1.82) is 0 Å². The van der Waals surface area contributed by atoms with Crippen molar-refractivity contribution >= 4 is 29.2 Å². The second-order valence-corrected chi connectivity index (χ2v) is 6.13. The fourth-order valence-corrected chi connectivity index (χ4v) is 2.85. The van der Waals surface area contributed by atoms with Gasteiger partial charge in [0.2, 0.25) is 5.91 Å². The predicted octanol–water partition coefficient (Wildman–Crippen LogP) is 2.94.